The number of hydrogen-bond acceptors (Lipinski definition) is 6. The van der Waals surface area contributed by atoms with Crippen molar-refractivity contribution in [2.24, 2.45) is 11.8 Å². The highest BCUT2D eigenvalue weighted by molar-refractivity contribution is 5.68. The summed E-state index contributed by atoms with van der Waals surface area (Å²) >= 11 is 0. The number of amides is 1. The largest absolute Gasteiger partial charge is 0.505 e. The van der Waals surface area contributed by atoms with Crippen LogP contribution in [0.25, 0.3) is 0 Å². The molecule has 7 heteroatoms. The van der Waals surface area contributed by atoms with Gasteiger partial charge in [0.05, 0.1) is 31.7 Å². The van der Waals surface area contributed by atoms with Crippen LogP contribution in [0.3, 0.4) is 0 Å². The summed E-state index contributed by atoms with van der Waals surface area (Å²) in [6.07, 6.45) is 9.08. The Balaban J connectivity index is 1.68. The van der Waals surface area contributed by atoms with Crippen LogP contribution >= 0.6 is 0 Å². The minimum atomic E-state index is -0.501. The number of ether oxygens (including phenoxy) is 4. The highest BCUT2D eigenvalue weighted by atomic mass is 16.6. The van der Waals surface area contributed by atoms with Gasteiger partial charge in [-0.1, -0.05) is 18.6 Å². The van der Waals surface area contributed by atoms with Gasteiger partial charge in [0.2, 0.25) is 0 Å². The number of allylic oxidation sites excluding steroid dienone is 1. The highest BCUT2D eigenvalue weighted by Gasteiger charge is 2.61. The zero-order valence-electron chi connectivity index (χ0n) is 20.3. The van der Waals surface area contributed by atoms with Gasteiger partial charge in [-0.3, -0.25) is 0 Å². The molecule has 7 nitrogen and oxygen atoms in total. The summed E-state index contributed by atoms with van der Waals surface area (Å²) in [5.41, 5.74) is 0.920. The number of likely N-dealkylation sites (tertiary alicyclic amines) is 1. The maximum atomic E-state index is 13.1. The van der Waals surface area contributed by atoms with Crippen molar-refractivity contribution in [1.29, 1.82) is 0 Å². The van der Waals surface area contributed by atoms with Crippen LogP contribution in [-0.2, 0) is 18.9 Å². The second kappa shape index (κ2) is 11.0. The van der Waals surface area contributed by atoms with Crippen molar-refractivity contribution in [3.8, 4) is 0 Å². The molecule has 2 aliphatic heterocycles. The van der Waals surface area contributed by atoms with Gasteiger partial charge in [-0.05, 0) is 64.4 Å². The van der Waals surface area contributed by atoms with E-state index in [0.29, 0.717) is 26.0 Å². The van der Waals surface area contributed by atoms with Crippen LogP contribution in [0.5, 0.6) is 0 Å². The molecule has 32 heavy (non-hydrogen) atoms. The molecule has 1 aliphatic carbocycles. The maximum absolute atomic E-state index is 13.1. The van der Waals surface area contributed by atoms with E-state index in [2.05, 4.69) is 13.0 Å². The van der Waals surface area contributed by atoms with E-state index in [4.69, 9.17) is 18.9 Å². The lowest BCUT2D eigenvalue weighted by Crippen LogP contribution is -2.55. The first kappa shape index (κ1) is 25.1. The number of carbonyl (C=O) groups is 1. The molecule has 7 atom stereocenters. The van der Waals surface area contributed by atoms with Crippen LogP contribution in [0.4, 0.5) is 4.79 Å². The van der Waals surface area contributed by atoms with Crippen molar-refractivity contribution in [3.63, 3.8) is 0 Å². The Bertz CT molecular complexity index is 684. The predicted octanol–water partition coefficient (Wildman–Crippen LogP) is 4.05. The molecule has 1 N–H and O–H groups in total. The Kier molecular flexibility index (Phi) is 8.64. The quantitative estimate of drug-likeness (QED) is 0.324. The van der Waals surface area contributed by atoms with E-state index in [1.165, 1.54) is 5.57 Å². The molecule has 0 aromatic carbocycles. The molecule has 3 aliphatic rings. The number of aliphatic hydroxyl groups is 1. The summed E-state index contributed by atoms with van der Waals surface area (Å²) in [7, 11) is 3.29. The molecule has 1 saturated carbocycles. The summed E-state index contributed by atoms with van der Waals surface area (Å²) in [5.74, 6) is -0.0723. The van der Waals surface area contributed by atoms with Crippen molar-refractivity contribution in [1.82, 2.24) is 4.90 Å². The highest BCUT2D eigenvalue weighted by Crippen LogP contribution is 2.51. The van der Waals surface area contributed by atoms with Crippen molar-refractivity contribution in [3.05, 3.63) is 24.0 Å². The molecule has 1 amide bonds. The second-order valence-corrected chi connectivity index (χ2v) is 9.82. The molecule has 7 unspecified atom stereocenters. The fourth-order valence-electron chi connectivity index (χ4n) is 5.52. The molecular weight excluding hydrogens is 410 g/mol. The van der Waals surface area contributed by atoms with Crippen LogP contribution in [0.15, 0.2) is 24.0 Å². The smallest absolute Gasteiger partial charge is 0.410 e. The van der Waals surface area contributed by atoms with E-state index < -0.39 is 6.10 Å². The van der Waals surface area contributed by atoms with Gasteiger partial charge in [-0.25, -0.2) is 4.79 Å². The lowest BCUT2D eigenvalue weighted by Gasteiger charge is -2.44. The van der Waals surface area contributed by atoms with Gasteiger partial charge in [0.25, 0.3) is 0 Å². The number of rotatable bonds is 9. The molecule has 2 heterocycles. The number of methoxy groups -OCH3 is 2. The van der Waals surface area contributed by atoms with Gasteiger partial charge < -0.3 is 29.0 Å². The van der Waals surface area contributed by atoms with Crippen LogP contribution in [-0.4, -0.2) is 73.4 Å². The standard InChI is InChI=1S/C25H41NO6/c1-17(2)10-11-20(27)18(3)22-23(30-5)21(12-13-25(22)16-31-25)32-24(28)26-14-6-8-19(26)9-7-15-29-4/h7,10,15,18-23,27H,6,8-9,11-14,16H2,1-5H3. The summed E-state index contributed by atoms with van der Waals surface area (Å²) in [5, 5.41) is 10.9. The molecule has 182 valence electrons. The van der Waals surface area contributed by atoms with Crippen LogP contribution in [0.1, 0.15) is 59.3 Å². The Labute approximate surface area is 192 Å². The molecule has 0 bridgehead atoms. The zero-order chi connectivity index (χ0) is 23.3. The molecule has 0 aromatic heterocycles. The molecule has 2 saturated heterocycles. The van der Waals surface area contributed by atoms with Crippen molar-refractivity contribution >= 4 is 6.09 Å². The average molecular weight is 452 g/mol. The van der Waals surface area contributed by atoms with Crippen molar-refractivity contribution < 1.29 is 28.8 Å². The van der Waals surface area contributed by atoms with Gasteiger partial charge in [0.15, 0.2) is 0 Å². The Hall–Kier alpha value is -1.57. The fraction of sp³-hybridized carbons (Fsp3) is 0.800. The Morgan fingerprint density at radius 3 is 2.69 bits per heavy atom. The molecule has 0 radical (unpaired) electrons. The van der Waals surface area contributed by atoms with Gasteiger partial charge in [-0.15, -0.1) is 0 Å². The van der Waals surface area contributed by atoms with E-state index in [-0.39, 0.29) is 41.8 Å². The summed E-state index contributed by atoms with van der Waals surface area (Å²) < 4.78 is 22.9. The van der Waals surface area contributed by atoms with Crippen molar-refractivity contribution in [2.45, 2.75) is 89.3 Å². The van der Waals surface area contributed by atoms with Crippen LogP contribution in [0, 0.1) is 11.8 Å². The van der Waals surface area contributed by atoms with E-state index in [0.717, 1.165) is 25.7 Å². The molecular formula is C25H41NO6. The third-order valence-electron chi connectivity index (χ3n) is 7.41. The average Bonchev–Trinajstić information content (AvgIpc) is 3.38. The Morgan fingerprint density at radius 2 is 2.06 bits per heavy atom. The first-order valence-corrected chi connectivity index (χ1v) is 12.0. The minimum Gasteiger partial charge on any atom is -0.505 e. The molecule has 0 aromatic rings. The third-order valence-corrected chi connectivity index (χ3v) is 7.41. The second-order valence-electron chi connectivity index (χ2n) is 9.82. The first-order chi connectivity index (χ1) is 15.3. The summed E-state index contributed by atoms with van der Waals surface area (Å²) in [6.45, 7) is 7.52. The van der Waals surface area contributed by atoms with E-state index >= 15 is 0 Å². The zero-order valence-corrected chi connectivity index (χ0v) is 20.3. The minimum absolute atomic E-state index is 0.0291. The molecule has 1 spiro atoms. The predicted molar refractivity (Wildman–Crippen MR) is 122 cm³/mol. The normalized spacial score (nSPS) is 33.9. The fourth-order valence-corrected chi connectivity index (χ4v) is 5.52. The van der Waals surface area contributed by atoms with Gasteiger partial charge in [0, 0.05) is 25.6 Å². The van der Waals surface area contributed by atoms with Crippen LogP contribution in [0.2, 0.25) is 0 Å². The number of hydrogen-bond donors (Lipinski definition) is 1. The summed E-state index contributed by atoms with van der Waals surface area (Å²) in [4.78, 5) is 14.9. The molecule has 3 rings (SSSR count). The van der Waals surface area contributed by atoms with Crippen LogP contribution < -0.4 is 0 Å². The van der Waals surface area contributed by atoms with Gasteiger partial charge >= 0.3 is 6.09 Å². The molecule has 3 fully saturated rings. The lowest BCUT2D eigenvalue weighted by atomic mass is 9.68. The number of aliphatic hydroxyl groups excluding tert-OH is 1. The van der Waals surface area contributed by atoms with E-state index in [1.54, 1.807) is 20.5 Å². The number of nitrogens with zero attached hydrogens (tertiary/aromatic N) is 1. The maximum Gasteiger partial charge on any atom is 0.410 e. The third kappa shape index (κ3) is 5.67. The number of carbonyl (C=O) groups excluding carboxylic acids is 1. The lowest BCUT2D eigenvalue weighted by molar-refractivity contribution is -0.130. The monoisotopic (exact) mass is 451 g/mol. The summed E-state index contributed by atoms with van der Waals surface area (Å²) in [6, 6.07) is 0.136. The Morgan fingerprint density at radius 1 is 1.31 bits per heavy atom. The first-order valence-electron chi connectivity index (χ1n) is 12.0. The topological polar surface area (TPSA) is 80.8 Å². The van der Waals surface area contributed by atoms with E-state index in [9.17, 15) is 9.90 Å². The van der Waals surface area contributed by atoms with Gasteiger partial charge in [-0.2, -0.15) is 0 Å². The van der Waals surface area contributed by atoms with E-state index in [1.807, 2.05) is 24.8 Å². The van der Waals surface area contributed by atoms with Crippen molar-refractivity contribution in [2.75, 3.05) is 27.4 Å². The number of epoxide rings is 1. The van der Waals surface area contributed by atoms with Gasteiger partial charge in [0.1, 0.15) is 12.2 Å². The SMILES string of the molecule is COC=CCC1CCCN1C(=O)OC1CCC2(CO2)C(C(C)C(O)CC=C(C)C)C1OC.